The van der Waals surface area contributed by atoms with E-state index in [1.54, 1.807) is 25.2 Å². The number of hydrogen-bond donors (Lipinski definition) is 2. The molecule has 1 heterocycles. The summed E-state index contributed by atoms with van der Waals surface area (Å²) in [4.78, 5) is 19.5. The van der Waals surface area contributed by atoms with E-state index in [1.165, 1.54) is 14.2 Å². The van der Waals surface area contributed by atoms with Crippen LogP contribution >= 0.6 is 35.3 Å². The number of hydrogen-bond acceptors (Lipinski definition) is 6. The Kier molecular flexibility index (Phi) is 10.3. The van der Waals surface area contributed by atoms with E-state index in [1.807, 2.05) is 0 Å². The molecule has 0 aliphatic heterocycles. The van der Waals surface area contributed by atoms with E-state index in [0.29, 0.717) is 41.8 Å². The van der Waals surface area contributed by atoms with Crippen molar-refractivity contribution in [2.45, 2.75) is 19.1 Å². The number of alkyl halides is 3. The fourth-order valence-corrected chi connectivity index (χ4v) is 3.19. The van der Waals surface area contributed by atoms with E-state index in [2.05, 4.69) is 20.6 Å². The van der Waals surface area contributed by atoms with Gasteiger partial charge in [-0.2, -0.15) is 13.2 Å². The highest BCUT2D eigenvalue weighted by Crippen LogP contribution is 2.30. The molecule has 0 fully saturated rings. The molecule has 1 aromatic carbocycles. The van der Waals surface area contributed by atoms with Crippen molar-refractivity contribution < 1.29 is 27.4 Å². The van der Waals surface area contributed by atoms with Crippen LogP contribution in [0.1, 0.15) is 26.6 Å². The fraction of sp³-hybridized carbons (Fsp3) is 0.389. The number of guanidine groups is 1. The van der Waals surface area contributed by atoms with Crippen LogP contribution in [0.3, 0.4) is 0 Å². The average Bonchev–Trinajstić information content (AvgIpc) is 3.19. The molecular weight excluding hydrogens is 536 g/mol. The van der Waals surface area contributed by atoms with Crippen LogP contribution in [0, 0.1) is 0 Å². The number of nitrogens with zero attached hydrogens (tertiary/aromatic N) is 2. The number of carbonyl (C=O) groups excluding carboxylic acids is 1. The second-order valence-corrected chi connectivity index (χ2v) is 6.70. The van der Waals surface area contributed by atoms with Gasteiger partial charge in [-0.25, -0.2) is 9.78 Å². The van der Waals surface area contributed by atoms with Crippen molar-refractivity contribution in [3.05, 3.63) is 45.4 Å². The number of carbonyl (C=O) groups is 1. The van der Waals surface area contributed by atoms with Crippen LogP contribution in [0.2, 0.25) is 0 Å². The lowest BCUT2D eigenvalue weighted by molar-refractivity contribution is -0.140. The maximum atomic E-state index is 12.6. The lowest BCUT2D eigenvalue weighted by Crippen LogP contribution is -2.37. The van der Waals surface area contributed by atoms with Gasteiger partial charge in [-0.15, -0.1) is 35.3 Å². The minimum absolute atomic E-state index is 0. The van der Waals surface area contributed by atoms with Gasteiger partial charge in [0.2, 0.25) is 0 Å². The summed E-state index contributed by atoms with van der Waals surface area (Å²) < 4.78 is 47.6. The van der Waals surface area contributed by atoms with Crippen molar-refractivity contribution >= 4 is 47.2 Å². The van der Waals surface area contributed by atoms with Crippen molar-refractivity contribution in [3.63, 3.8) is 0 Å². The van der Waals surface area contributed by atoms with Crippen molar-refractivity contribution in [2.24, 2.45) is 4.99 Å². The zero-order valence-corrected chi connectivity index (χ0v) is 19.6. The molecule has 2 aromatic rings. The molecule has 7 nitrogen and oxygen atoms in total. The first-order chi connectivity index (χ1) is 13.8. The summed E-state index contributed by atoms with van der Waals surface area (Å²) in [6, 6.07) is 5.11. The standard InChI is InChI=1S/C18H21F3N4O3S.HI/c1-22-17(23-7-6-15-25-14(10-29-15)18(19,20)21)24-9-11-4-5-13(27-2)12(8-11)16(26)28-3;/h4-5,8,10H,6-7,9H2,1-3H3,(H2,22,23,24);1H. The maximum absolute atomic E-state index is 12.6. The number of benzene rings is 1. The van der Waals surface area contributed by atoms with Crippen molar-refractivity contribution in [2.75, 3.05) is 27.8 Å². The number of methoxy groups -OCH3 is 2. The minimum Gasteiger partial charge on any atom is -0.496 e. The molecule has 0 bridgehead atoms. The highest BCUT2D eigenvalue weighted by Gasteiger charge is 2.33. The van der Waals surface area contributed by atoms with Gasteiger partial charge < -0.3 is 20.1 Å². The van der Waals surface area contributed by atoms with Gasteiger partial charge in [-0.1, -0.05) is 6.07 Å². The van der Waals surface area contributed by atoms with E-state index in [0.717, 1.165) is 22.3 Å². The van der Waals surface area contributed by atoms with Gasteiger partial charge in [-0.3, -0.25) is 4.99 Å². The first kappa shape index (κ1) is 25.9. The molecule has 12 heteroatoms. The van der Waals surface area contributed by atoms with E-state index < -0.39 is 17.8 Å². The Morgan fingerprint density at radius 1 is 1.27 bits per heavy atom. The first-order valence-electron chi connectivity index (χ1n) is 8.49. The van der Waals surface area contributed by atoms with E-state index in [4.69, 9.17) is 9.47 Å². The summed E-state index contributed by atoms with van der Waals surface area (Å²) >= 11 is 0.969. The Hall–Kier alpha value is -2.09. The normalized spacial score (nSPS) is 11.5. The van der Waals surface area contributed by atoms with Gasteiger partial charge >= 0.3 is 12.1 Å². The number of halogens is 4. The molecule has 2 rings (SSSR count). The molecular formula is C18H22F3IN4O3S. The monoisotopic (exact) mass is 558 g/mol. The SMILES string of the molecule is CN=C(NCCc1nc(C(F)(F)F)cs1)NCc1ccc(OC)c(C(=O)OC)c1.I. The molecule has 2 N–H and O–H groups in total. The van der Waals surface area contributed by atoms with Crippen LogP contribution < -0.4 is 15.4 Å². The maximum Gasteiger partial charge on any atom is 0.434 e. The number of rotatable bonds is 7. The quantitative estimate of drug-likeness (QED) is 0.235. The molecule has 0 aliphatic rings. The van der Waals surface area contributed by atoms with Crippen molar-refractivity contribution in [1.82, 2.24) is 15.6 Å². The zero-order valence-electron chi connectivity index (χ0n) is 16.5. The summed E-state index contributed by atoms with van der Waals surface area (Å²) in [5.74, 6) is 0.366. The number of ether oxygens (including phenoxy) is 2. The van der Waals surface area contributed by atoms with Crippen LogP contribution in [0.25, 0.3) is 0 Å². The van der Waals surface area contributed by atoms with Crippen LogP contribution in [-0.2, 0) is 23.9 Å². The van der Waals surface area contributed by atoms with E-state index in [9.17, 15) is 18.0 Å². The lowest BCUT2D eigenvalue weighted by Gasteiger charge is -2.13. The fourth-order valence-electron chi connectivity index (χ4n) is 2.38. The first-order valence-corrected chi connectivity index (χ1v) is 9.37. The Labute approximate surface area is 193 Å². The Morgan fingerprint density at radius 2 is 2.00 bits per heavy atom. The number of nitrogens with one attached hydrogen (secondary N) is 2. The van der Waals surface area contributed by atoms with Crippen molar-refractivity contribution in [1.29, 1.82) is 0 Å². The highest BCUT2D eigenvalue weighted by molar-refractivity contribution is 14.0. The molecule has 0 spiro atoms. The smallest absolute Gasteiger partial charge is 0.434 e. The second-order valence-electron chi connectivity index (χ2n) is 5.75. The molecule has 0 amide bonds. The number of aliphatic imine (C=N–C) groups is 1. The van der Waals surface area contributed by atoms with Gasteiger partial charge in [0.05, 0.1) is 19.2 Å². The summed E-state index contributed by atoms with van der Waals surface area (Å²) in [7, 11) is 4.33. The molecule has 0 saturated carbocycles. The van der Waals surface area contributed by atoms with E-state index in [-0.39, 0.29) is 24.0 Å². The lowest BCUT2D eigenvalue weighted by atomic mass is 10.1. The summed E-state index contributed by atoms with van der Waals surface area (Å²) in [5.41, 5.74) is 0.228. The summed E-state index contributed by atoms with van der Waals surface area (Å²) in [5, 5.41) is 7.48. The van der Waals surface area contributed by atoms with E-state index >= 15 is 0 Å². The summed E-state index contributed by atoms with van der Waals surface area (Å²) in [6.07, 6.45) is -4.10. The topological polar surface area (TPSA) is 84.8 Å². The minimum atomic E-state index is -4.43. The zero-order chi connectivity index (χ0) is 21.4. The highest BCUT2D eigenvalue weighted by atomic mass is 127. The number of aromatic nitrogens is 1. The van der Waals surface area contributed by atoms with Crippen LogP contribution in [0.4, 0.5) is 13.2 Å². The average molecular weight is 558 g/mol. The van der Waals surface area contributed by atoms with Crippen LogP contribution in [0.15, 0.2) is 28.6 Å². The Balaban J connectivity index is 0.00000450. The largest absolute Gasteiger partial charge is 0.496 e. The third-order valence-corrected chi connectivity index (χ3v) is 4.73. The van der Waals surface area contributed by atoms with Gasteiger partial charge in [0, 0.05) is 31.9 Å². The molecule has 30 heavy (non-hydrogen) atoms. The third-order valence-electron chi connectivity index (χ3n) is 3.83. The molecule has 0 unspecified atom stereocenters. The van der Waals surface area contributed by atoms with Crippen LogP contribution in [0.5, 0.6) is 5.75 Å². The molecule has 0 radical (unpaired) electrons. The number of esters is 1. The second kappa shape index (κ2) is 11.9. The molecule has 0 aliphatic carbocycles. The van der Waals surface area contributed by atoms with Crippen molar-refractivity contribution in [3.8, 4) is 5.75 Å². The molecule has 1 aromatic heterocycles. The van der Waals surface area contributed by atoms with Gasteiger partial charge in [0.1, 0.15) is 11.3 Å². The van der Waals surface area contributed by atoms with Crippen LogP contribution in [-0.4, -0.2) is 44.7 Å². The molecule has 0 atom stereocenters. The Morgan fingerprint density at radius 3 is 2.57 bits per heavy atom. The molecule has 0 saturated heterocycles. The Bertz CT molecular complexity index is 875. The summed E-state index contributed by atoms with van der Waals surface area (Å²) in [6.45, 7) is 0.726. The van der Waals surface area contributed by atoms with Gasteiger partial charge in [0.25, 0.3) is 0 Å². The molecule has 166 valence electrons. The van der Waals surface area contributed by atoms with Gasteiger partial charge in [-0.05, 0) is 17.7 Å². The van der Waals surface area contributed by atoms with Gasteiger partial charge in [0.15, 0.2) is 11.7 Å². The predicted molar refractivity (Wildman–Crippen MR) is 119 cm³/mol. The predicted octanol–water partition coefficient (Wildman–Crippen LogP) is 3.48. The number of thiazole rings is 1. The third kappa shape index (κ3) is 7.31.